The minimum absolute atomic E-state index is 0.163. The summed E-state index contributed by atoms with van der Waals surface area (Å²) in [5.41, 5.74) is 1.90. The lowest BCUT2D eigenvalue weighted by atomic mass is 10.1. The lowest BCUT2D eigenvalue weighted by Crippen LogP contribution is -2.27. The van der Waals surface area contributed by atoms with Gasteiger partial charge in [-0.2, -0.15) is 0 Å². The molecule has 2 amide bonds. The van der Waals surface area contributed by atoms with Gasteiger partial charge in [-0.15, -0.1) is 0 Å². The molecule has 7 nitrogen and oxygen atoms in total. The summed E-state index contributed by atoms with van der Waals surface area (Å²) in [5, 5.41) is 5.61. The number of esters is 1. The molecule has 0 aliphatic rings. The summed E-state index contributed by atoms with van der Waals surface area (Å²) in [6.45, 7) is 1.50. The first kappa shape index (κ1) is 21.1. The van der Waals surface area contributed by atoms with Crippen molar-refractivity contribution < 1.29 is 19.1 Å². The molecule has 0 atom stereocenters. The Labute approximate surface area is 164 Å². The molecule has 0 heterocycles. The number of ether oxygens (including phenoxy) is 1. The van der Waals surface area contributed by atoms with Gasteiger partial charge in [0.05, 0.1) is 12.7 Å². The molecule has 0 aliphatic carbocycles. The number of amides is 2. The molecule has 2 aromatic rings. The van der Waals surface area contributed by atoms with Crippen LogP contribution in [0.15, 0.2) is 48.5 Å². The highest BCUT2D eigenvalue weighted by Gasteiger charge is 2.10. The maximum atomic E-state index is 12.3. The fraction of sp³-hybridized carbons (Fsp3) is 0.286. The monoisotopic (exact) mass is 383 g/mol. The lowest BCUT2D eigenvalue weighted by Gasteiger charge is -2.10. The van der Waals surface area contributed by atoms with Crippen LogP contribution in [-0.2, 0) is 4.74 Å². The highest BCUT2D eigenvalue weighted by atomic mass is 16.5. The van der Waals surface area contributed by atoms with Crippen LogP contribution >= 0.6 is 0 Å². The van der Waals surface area contributed by atoms with E-state index >= 15 is 0 Å². The molecule has 0 fully saturated rings. The smallest absolute Gasteiger partial charge is 0.337 e. The molecule has 0 aliphatic heterocycles. The molecule has 0 bridgehead atoms. The van der Waals surface area contributed by atoms with Crippen LogP contribution in [-0.4, -0.2) is 57.0 Å². The Hall–Kier alpha value is -3.19. The number of carbonyl (C=O) groups is 3. The largest absolute Gasteiger partial charge is 0.465 e. The molecule has 0 spiro atoms. The number of nitrogens with zero attached hydrogens (tertiary/aromatic N) is 1. The van der Waals surface area contributed by atoms with E-state index < -0.39 is 5.97 Å². The summed E-state index contributed by atoms with van der Waals surface area (Å²) in [6.07, 6.45) is 0.869. The third kappa shape index (κ3) is 6.21. The number of benzene rings is 2. The summed E-state index contributed by atoms with van der Waals surface area (Å²) >= 11 is 0. The number of hydrogen-bond donors (Lipinski definition) is 2. The van der Waals surface area contributed by atoms with Crippen molar-refractivity contribution in [3.8, 4) is 0 Å². The van der Waals surface area contributed by atoms with Crippen molar-refractivity contribution in [2.24, 2.45) is 0 Å². The zero-order valence-corrected chi connectivity index (χ0v) is 16.3. The maximum absolute atomic E-state index is 12.3. The fourth-order valence-corrected chi connectivity index (χ4v) is 2.48. The van der Waals surface area contributed by atoms with Gasteiger partial charge < -0.3 is 20.3 Å². The number of methoxy groups -OCH3 is 1. The predicted octanol–water partition coefficient (Wildman–Crippen LogP) is 2.41. The Morgan fingerprint density at radius 2 is 1.39 bits per heavy atom. The van der Waals surface area contributed by atoms with E-state index in [0.29, 0.717) is 28.9 Å². The van der Waals surface area contributed by atoms with Gasteiger partial charge in [0.25, 0.3) is 11.8 Å². The van der Waals surface area contributed by atoms with Crippen molar-refractivity contribution in [1.29, 1.82) is 0 Å². The summed E-state index contributed by atoms with van der Waals surface area (Å²) in [6, 6.07) is 12.8. The van der Waals surface area contributed by atoms with Gasteiger partial charge in [-0.3, -0.25) is 9.59 Å². The summed E-state index contributed by atoms with van der Waals surface area (Å²) in [5.74, 6) is -0.902. The molecular weight excluding hydrogens is 358 g/mol. The molecular formula is C21H25N3O4. The minimum atomic E-state index is -0.437. The van der Waals surface area contributed by atoms with Crippen molar-refractivity contribution in [1.82, 2.24) is 10.2 Å². The first-order valence-corrected chi connectivity index (χ1v) is 8.93. The van der Waals surface area contributed by atoms with Crippen LogP contribution < -0.4 is 10.6 Å². The van der Waals surface area contributed by atoms with E-state index in [-0.39, 0.29) is 11.8 Å². The molecule has 0 radical (unpaired) electrons. The first-order valence-electron chi connectivity index (χ1n) is 8.93. The predicted molar refractivity (Wildman–Crippen MR) is 108 cm³/mol. The molecule has 2 aromatic carbocycles. The molecule has 0 unspecified atom stereocenters. The number of rotatable bonds is 8. The van der Waals surface area contributed by atoms with Crippen molar-refractivity contribution in [3.63, 3.8) is 0 Å². The van der Waals surface area contributed by atoms with Crippen molar-refractivity contribution in [3.05, 3.63) is 65.2 Å². The van der Waals surface area contributed by atoms with Gasteiger partial charge in [0.2, 0.25) is 0 Å². The maximum Gasteiger partial charge on any atom is 0.337 e. The Morgan fingerprint density at radius 1 is 0.857 bits per heavy atom. The standard InChI is InChI=1S/C21H25N3O4/c1-24(2)14-4-13-22-19(25)15-5-7-16(8-6-15)20(26)23-18-11-9-17(10-12-18)21(27)28-3/h5-12H,4,13-14H2,1-3H3,(H,22,25)(H,23,26). The molecule has 2 N–H and O–H groups in total. The van der Waals surface area contributed by atoms with Crippen molar-refractivity contribution in [2.75, 3.05) is 39.6 Å². The van der Waals surface area contributed by atoms with Gasteiger partial charge in [0.15, 0.2) is 0 Å². The molecule has 0 saturated heterocycles. The van der Waals surface area contributed by atoms with Crippen LogP contribution in [0.3, 0.4) is 0 Å². The van der Waals surface area contributed by atoms with Crippen LogP contribution in [0, 0.1) is 0 Å². The summed E-state index contributed by atoms with van der Waals surface area (Å²) < 4.78 is 4.64. The van der Waals surface area contributed by atoms with Crippen LogP contribution in [0.1, 0.15) is 37.5 Å². The van der Waals surface area contributed by atoms with E-state index in [1.54, 1.807) is 48.5 Å². The van der Waals surface area contributed by atoms with E-state index in [0.717, 1.165) is 13.0 Å². The Kier molecular flexibility index (Phi) is 7.71. The third-order valence-corrected chi connectivity index (χ3v) is 4.04. The first-order chi connectivity index (χ1) is 13.4. The summed E-state index contributed by atoms with van der Waals surface area (Å²) in [4.78, 5) is 37.9. The molecule has 28 heavy (non-hydrogen) atoms. The SMILES string of the molecule is COC(=O)c1ccc(NC(=O)c2ccc(C(=O)NCCCN(C)C)cc2)cc1. The van der Waals surface area contributed by atoms with Gasteiger partial charge in [0.1, 0.15) is 0 Å². The molecule has 148 valence electrons. The van der Waals surface area contributed by atoms with Crippen molar-refractivity contribution in [2.45, 2.75) is 6.42 Å². The summed E-state index contributed by atoms with van der Waals surface area (Å²) in [7, 11) is 5.28. The zero-order valence-electron chi connectivity index (χ0n) is 16.3. The second-order valence-electron chi connectivity index (χ2n) is 6.51. The second-order valence-corrected chi connectivity index (χ2v) is 6.51. The van der Waals surface area contributed by atoms with Crippen LogP contribution in [0.2, 0.25) is 0 Å². The number of carbonyl (C=O) groups excluding carboxylic acids is 3. The lowest BCUT2D eigenvalue weighted by molar-refractivity contribution is 0.0600. The van der Waals surface area contributed by atoms with Gasteiger partial charge in [-0.1, -0.05) is 0 Å². The van der Waals surface area contributed by atoms with Gasteiger partial charge in [-0.05, 0) is 75.6 Å². The average Bonchev–Trinajstić information content (AvgIpc) is 2.71. The van der Waals surface area contributed by atoms with Gasteiger partial charge in [0, 0.05) is 23.4 Å². The molecule has 0 saturated carbocycles. The van der Waals surface area contributed by atoms with E-state index in [2.05, 4.69) is 20.3 Å². The zero-order chi connectivity index (χ0) is 20.5. The van der Waals surface area contributed by atoms with E-state index in [1.165, 1.54) is 7.11 Å². The highest BCUT2D eigenvalue weighted by Crippen LogP contribution is 2.13. The second kappa shape index (κ2) is 10.2. The van der Waals surface area contributed by atoms with Gasteiger partial charge in [-0.25, -0.2) is 4.79 Å². The molecule has 0 aromatic heterocycles. The Morgan fingerprint density at radius 3 is 1.93 bits per heavy atom. The number of anilines is 1. The van der Waals surface area contributed by atoms with E-state index in [4.69, 9.17) is 0 Å². The fourth-order valence-electron chi connectivity index (χ4n) is 2.48. The van der Waals surface area contributed by atoms with E-state index in [1.807, 2.05) is 14.1 Å². The van der Waals surface area contributed by atoms with Gasteiger partial charge >= 0.3 is 5.97 Å². The average molecular weight is 383 g/mol. The minimum Gasteiger partial charge on any atom is -0.465 e. The number of nitrogens with one attached hydrogen (secondary N) is 2. The number of hydrogen-bond acceptors (Lipinski definition) is 5. The topological polar surface area (TPSA) is 87.7 Å². The molecule has 2 rings (SSSR count). The third-order valence-electron chi connectivity index (χ3n) is 4.04. The normalized spacial score (nSPS) is 10.4. The molecule has 7 heteroatoms. The van der Waals surface area contributed by atoms with Crippen molar-refractivity contribution >= 4 is 23.5 Å². The highest BCUT2D eigenvalue weighted by molar-refractivity contribution is 6.05. The Bertz CT molecular complexity index is 815. The van der Waals surface area contributed by atoms with Crippen LogP contribution in [0.25, 0.3) is 0 Å². The van der Waals surface area contributed by atoms with E-state index in [9.17, 15) is 14.4 Å². The van der Waals surface area contributed by atoms with Crippen LogP contribution in [0.4, 0.5) is 5.69 Å². The quantitative estimate of drug-likeness (QED) is 0.540. The van der Waals surface area contributed by atoms with Crippen LogP contribution in [0.5, 0.6) is 0 Å². The Balaban J connectivity index is 1.90.